The first-order valence-corrected chi connectivity index (χ1v) is 56.9. The number of carbonyl (C=O) groups is 3. The molecule has 0 aliphatic heterocycles. The summed E-state index contributed by atoms with van der Waals surface area (Å²) in [6, 6.07) is 139. The fraction of sp³-hybridized carbons (Fsp3) is 0.160. The van der Waals surface area contributed by atoms with Gasteiger partial charge in [-0.05, 0) is 326 Å². The molecular weight excluding hydrogens is 1980 g/mol. The summed E-state index contributed by atoms with van der Waals surface area (Å²) in [6.07, 6.45) is 4.22. The van der Waals surface area contributed by atoms with Crippen molar-refractivity contribution in [3.05, 3.63) is 459 Å². The number of anilines is 1. The molecule has 1 N–H and O–H groups in total. The molecule has 18 aromatic carbocycles. The molecule has 1 aromatic heterocycles. The summed E-state index contributed by atoms with van der Waals surface area (Å²) in [5, 5.41) is 10.3. The van der Waals surface area contributed by atoms with Gasteiger partial charge in [-0.3, -0.25) is 0 Å². The van der Waals surface area contributed by atoms with Crippen molar-refractivity contribution in [2.24, 2.45) is 0 Å². The monoisotopic (exact) mass is 2100 g/mol. The number of benzene rings is 18. The molecule has 1 heterocycles. The maximum Gasteiger partial charge on any atom is 0.349 e. The molecule has 149 heavy (non-hydrogen) atoms. The van der Waals surface area contributed by atoms with Crippen LogP contribution in [0.1, 0.15) is 139 Å². The molecule has 0 amide bonds. The Kier molecular flexibility index (Phi) is 38.1. The standard InChI is InChI=1S/C22H23NO5S.C22H22O6S.C22H23OS.C21H20O5S.C20H17S.C18H15S/c1-3-15(2)16-7-9-18(10-8-16)28-22(24)14-23-21-6-4-5-17-13-19(29(25,26)27)11-12-20(17)21;1-3-15(2)16-4-8-19(9-5-16)28-22(23)14-27-20-10-6-18-13-21(29(24,25)26)11-7-17(18)12-20;1-22(2,3)23-18-14-16-21(17-15-18)24(19-10-6-4-7-11-19)20-12-8-5-9-13-20;1-3-14(2)15-8-9-17-13-18(11-10-16(17)12-15)26-21(22)19-6-4-5-7-20(19)27(23,24)25;1-2-15-11-13-16(14-12-15)21-19-9-5-3-7-17(19)18-8-4-6-10-20(18)21;1-4-10-16(11-5-1)19(17-12-6-2-7-13-17)18-14-8-3-9-15-18/h4-13,15,23H,3,14H2,1-2H3,(H,25,26,27);4-13,15H,3,14H2,1-2H3,(H,24,25,26);4-17H,1-3H3;4-14H,3H2,1-2H3,(H,23,24,25);3-14H,2H2,1H3;1-15H/q;;+1;;2*+1/p-3. The maximum atomic E-state index is 12.4. The van der Waals surface area contributed by atoms with Gasteiger partial charge in [-0.15, -0.1) is 0 Å². The minimum atomic E-state index is -4.77. The summed E-state index contributed by atoms with van der Waals surface area (Å²) in [7, 11) is -13.9. The largest absolute Gasteiger partial charge is 0.744 e. The Balaban J connectivity index is 0.000000142. The summed E-state index contributed by atoms with van der Waals surface area (Å²) in [4.78, 5) is 44.9. The van der Waals surface area contributed by atoms with Crippen molar-refractivity contribution < 1.29 is 77.0 Å². The highest BCUT2D eigenvalue weighted by molar-refractivity contribution is 7.97. The van der Waals surface area contributed by atoms with Crippen molar-refractivity contribution >= 4 is 139 Å². The lowest BCUT2D eigenvalue weighted by Crippen LogP contribution is -2.22. The number of aryl methyl sites for hydroxylation is 1. The van der Waals surface area contributed by atoms with Crippen LogP contribution in [0.5, 0.6) is 28.7 Å². The first kappa shape index (κ1) is 110. The van der Waals surface area contributed by atoms with Crippen molar-refractivity contribution in [1.82, 2.24) is 0 Å². The number of carbonyl (C=O) groups excluding carboxylic acids is 3. The minimum absolute atomic E-state index is 0.0146. The second-order valence-corrected chi connectivity index (χ2v) is 46.3. The van der Waals surface area contributed by atoms with Crippen molar-refractivity contribution in [2.45, 2.75) is 162 Å². The van der Waals surface area contributed by atoms with Crippen molar-refractivity contribution in [1.29, 1.82) is 0 Å². The van der Waals surface area contributed by atoms with Gasteiger partial charge in [0.2, 0.25) is 0 Å². The highest BCUT2D eigenvalue weighted by atomic mass is 32.2. The topological polar surface area (TPSA) is 281 Å². The predicted molar refractivity (Wildman–Crippen MR) is 599 cm³/mol. The first-order valence-electron chi connectivity index (χ1n) is 49.0. The van der Waals surface area contributed by atoms with E-state index in [0.717, 1.165) is 48.3 Å². The van der Waals surface area contributed by atoms with Crippen LogP contribution in [-0.4, -0.2) is 75.6 Å². The Hall–Kier alpha value is -14.8. The Labute approximate surface area is 881 Å². The summed E-state index contributed by atoms with van der Waals surface area (Å²) in [5.41, 5.74) is 5.21. The molecule has 3 unspecified atom stereocenters. The summed E-state index contributed by atoms with van der Waals surface area (Å²) >= 11 is 0. The van der Waals surface area contributed by atoms with Gasteiger partial charge < -0.3 is 42.7 Å². The Morgan fingerprint density at radius 1 is 0.336 bits per heavy atom. The summed E-state index contributed by atoms with van der Waals surface area (Å²) < 4.78 is 131. The van der Waals surface area contributed by atoms with E-state index in [1.54, 1.807) is 78.9 Å². The lowest BCUT2D eigenvalue weighted by molar-refractivity contribution is -0.136. The quantitative estimate of drug-likeness (QED) is 0.0206. The van der Waals surface area contributed by atoms with Crippen LogP contribution in [0.4, 0.5) is 5.69 Å². The lowest BCUT2D eigenvalue weighted by atomic mass is 9.96. The van der Waals surface area contributed by atoms with E-state index in [0.29, 0.717) is 62.2 Å². The van der Waals surface area contributed by atoms with Gasteiger partial charge in [-0.2, -0.15) is 0 Å². The third-order valence-electron chi connectivity index (χ3n) is 24.6. The Morgan fingerprint density at radius 3 is 1.19 bits per heavy atom. The molecule has 0 radical (unpaired) electrons. The molecule has 18 nitrogen and oxygen atoms in total. The molecule has 19 aromatic rings. The number of nitrogens with one attached hydrogen (secondary N) is 1. The van der Waals surface area contributed by atoms with Gasteiger partial charge in [-0.1, -0.05) is 267 Å². The van der Waals surface area contributed by atoms with Crippen LogP contribution in [-0.2, 0) is 68.2 Å². The van der Waals surface area contributed by atoms with E-state index in [2.05, 4.69) is 329 Å². The smallest absolute Gasteiger partial charge is 0.349 e. The van der Waals surface area contributed by atoms with E-state index in [4.69, 9.17) is 23.7 Å². The van der Waals surface area contributed by atoms with E-state index < -0.39 is 53.2 Å². The van der Waals surface area contributed by atoms with Crippen molar-refractivity contribution in [3.8, 4) is 33.6 Å². The van der Waals surface area contributed by atoms with Gasteiger partial charge in [0.25, 0.3) is 0 Å². The van der Waals surface area contributed by atoms with Crippen molar-refractivity contribution in [3.63, 3.8) is 0 Å². The van der Waals surface area contributed by atoms with Crippen molar-refractivity contribution in [2.75, 3.05) is 18.5 Å². The van der Waals surface area contributed by atoms with Gasteiger partial charge in [0.05, 0.1) is 42.0 Å². The van der Waals surface area contributed by atoms with Crippen LogP contribution in [0.3, 0.4) is 0 Å². The van der Waals surface area contributed by atoms with E-state index in [9.17, 15) is 53.3 Å². The average molecular weight is 2100 g/mol. The first-order chi connectivity index (χ1) is 71.7. The highest BCUT2D eigenvalue weighted by Gasteiger charge is 2.31. The number of rotatable bonds is 28. The average Bonchev–Trinajstić information content (AvgIpc) is 1.59. The van der Waals surface area contributed by atoms with Crippen LogP contribution >= 0.6 is 10.5 Å². The number of hydrogen-bond donors (Lipinski definition) is 1. The molecule has 24 heteroatoms. The molecule has 0 aliphatic carbocycles. The zero-order valence-corrected chi connectivity index (χ0v) is 89.3. The van der Waals surface area contributed by atoms with Crippen LogP contribution in [0, 0.1) is 0 Å². The molecule has 0 bridgehead atoms. The molecule has 0 saturated heterocycles. The van der Waals surface area contributed by atoms with Crippen LogP contribution in [0.15, 0.2) is 475 Å². The van der Waals surface area contributed by atoms with Crippen LogP contribution in [0.2, 0.25) is 0 Å². The van der Waals surface area contributed by atoms with Gasteiger partial charge in [0.15, 0.2) is 50.3 Å². The highest BCUT2D eigenvalue weighted by Crippen LogP contribution is 2.49. The predicted octanol–water partition coefficient (Wildman–Crippen LogP) is 30.0. The Bertz CT molecular complexity index is 7920. The lowest BCUT2D eigenvalue weighted by Gasteiger charge is -2.21. The second kappa shape index (κ2) is 51.7. The van der Waals surface area contributed by atoms with Gasteiger partial charge in [-0.25, -0.2) is 39.6 Å². The number of esters is 3. The summed E-state index contributed by atoms with van der Waals surface area (Å²) in [6.45, 7) is 20.9. The van der Waals surface area contributed by atoms with E-state index in [-0.39, 0.29) is 72.1 Å². The number of fused-ring (bicyclic) bond motifs is 6. The van der Waals surface area contributed by atoms with E-state index in [1.807, 2.05) is 42.5 Å². The fourth-order valence-corrected chi connectivity index (χ4v) is 24.5. The number of thiophene rings is 1. The van der Waals surface area contributed by atoms with Gasteiger partial charge >= 0.3 is 17.9 Å². The number of hydrogen-bond acceptors (Lipinski definition) is 18. The molecule has 0 aliphatic rings. The van der Waals surface area contributed by atoms with Gasteiger partial charge in [0.1, 0.15) is 71.2 Å². The molecular formula is C125H117NO17S6. The van der Waals surface area contributed by atoms with E-state index in [1.165, 1.54) is 125 Å². The maximum absolute atomic E-state index is 12.4. The molecule has 19 rings (SSSR count). The van der Waals surface area contributed by atoms with E-state index >= 15 is 0 Å². The molecule has 0 spiro atoms. The normalized spacial score (nSPS) is 12.0. The zero-order valence-electron chi connectivity index (χ0n) is 84.4. The molecule has 3 atom stereocenters. The minimum Gasteiger partial charge on any atom is -0.744 e. The SMILES string of the molecule is CC(C)(C)Oc1ccc([S+](c2ccccc2)c2ccccc2)cc1.CCC(C)c1ccc(OC(=O)CNc2cccc3cc(S(=O)(=O)[O-])ccc23)cc1.CCC(C)c1ccc(OC(=O)COc2ccc3cc(S(=O)(=O)[O-])ccc3c2)cc1.CCC(C)c1ccc2cc(OC(=O)c3ccccc3S(=O)(=O)[O-])ccc2c1.CCc1ccc(-[s+]2c3ccccc3c3ccccc32)cc1.c1ccc([S+](c2ccccc2)c2ccccc2)cc1. The third-order valence-corrected chi connectivity index (χ3v) is 34.0. The zero-order chi connectivity index (χ0) is 106. The molecule has 760 valence electrons. The third kappa shape index (κ3) is 30.5. The second-order valence-electron chi connectivity index (χ2n) is 36.2. The fourth-order valence-electron chi connectivity index (χ4n) is 16.3. The molecule has 0 fully saturated rings. The Morgan fingerprint density at radius 2 is 0.718 bits per heavy atom. The van der Waals surface area contributed by atoms with Crippen LogP contribution < -0.4 is 29.0 Å². The van der Waals surface area contributed by atoms with Gasteiger partial charge in [0, 0.05) is 32.3 Å². The number of ether oxygens (including phenoxy) is 5. The molecule has 0 saturated carbocycles. The summed E-state index contributed by atoms with van der Waals surface area (Å²) in [5.74, 6) is 2.04. The van der Waals surface area contributed by atoms with Crippen LogP contribution in [0.25, 0.3) is 57.4 Å².